The summed E-state index contributed by atoms with van der Waals surface area (Å²) in [5.41, 5.74) is 0. The highest BCUT2D eigenvalue weighted by Gasteiger charge is 2.33. The molecule has 0 amide bonds. The highest BCUT2D eigenvalue weighted by Crippen LogP contribution is 2.30. The summed E-state index contributed by atoms with van der Waals surface area (Å²) < 4.78 is 0. The molecule has 1 fully saturated rings. The topological polar surface area (TPSA) is 74.6 Å². The molecular formula is C9H16O4. The average Bonchev–Trinajstić information content (AvgIpc) is 2.56. The van der Waals surface area contributed by atoms with E-state index >= 15 is 0 Å². The molecule has 0 heterocycles. The fraction of sp³-hybridized carbons (Fsp3) is 0.778. The van der Waals surface area contributed by atoms with Gasteiger partial charge in [0, 0.05) is 0 Å². The summed E-state index contributed by atoms with van der Waals surface area (Å²) >= 11 is 0. The van der Waals surface area contributed by atoms with Gasteiger partial charge in [-0.1, -0.05) is 13.8 Å². The van der Waals surface area contributed by atoms with E-state index in [1.54, 1.807) is 0 Å². The molecule has 4 nitrogen and oxygen atoms in total. The van der Waals surface area contributed by atoms with Crippen molar-refractivity contribution in [3.63, 3.8) is 0 Å². The third kappa shape index (κ3) is 3.44. The summed E-state index contributed by atoms with van der Waals surface area (Å²) in [7, 11) is 0. The van der Waals surface area contributed by atoms with Crippen LogP contribution in [0.25, 0.3) is 0 Å². The lowest BCUT2D eigenvalue weighted by Crippen LogP contribution is -2.13. The summed E-state index contributed by atoms with van der Waals surface area (Å²) in [6.45, 7) is 4.00. The number of aliphatic carboxylic acids is 2. The summed E-state index contributed by atoms with van der Waals surface area (Å²) in [4.78, 5) is 20.8. The van der Waals surface area contributed by atoms with Gasteiger partial charge in [-0.05, 0) is 19.3 Å². The lowest BCUT2D eigenvalue weighted by Gasteiger charge is -2.01. The predicted molar refractivity (Wildman–Crippen MR) is 47.5 cm³/mol. The van der Waals surface area contributed by atoms with E-state index in [2.05, 4.69) is 0 Å². The van der Waals surface area contributed by atoms with Gasteiger partial charge in [-0.25, -0.2) is 0 Å². The van der Waals surface area contributed by atoms with Crippen LogP contribution >= 0.6 is 0 Å². The minimum absolute atomic E-state index is 0.296. The Morgan fingerprint density at radius 1 is 1.00 bits per heavy atom. The van der Waals surface area contributed by atoms with Crippen LogP contribution in [0.5, 0.6) is 0 Å². The highest BCUT2D eigenvalue weighted by molar-refractivity contribution is 5.75. The molecule has 1 rings (SSSR count). The van der Waals surface area contributed by atoms with E-state index in [4.69, 9.17) is 10.2 Å². The molecule has 2 N–H and O–H groups in total. The Morgan fingerprint density at radius 3 is 1.46 bits per heavy atom. The van der Waals surface area contributed by atoms with Gasteiger partial charge in [0.25, 0.3) is 0 Å². The molecule has 1 aliphatic carbocycles. The Morgan fingerprint density at radius 2 is 1.31 bits per heavy atom. The molecule has 0 aromatic carbocycles. The van der Waals surface area contributed by atoms with Crippen LogP contribution in [0.15, 0.2) is 0 Å². The van der Waals surface area contributed by atoms with Crippen LogP contribution in [0.1, 0.15) is 33.1 Å². The van der Waals surface area contributed by atoms with Gasteiger partial charge in [0.2, 0.25) is 0 Å². The van der Waals surface area contributed by atoms with Crippen LogP contribution in [0.4, 0.5) is 0 Å². The first-order chi connectivity index (χ1) is 6.11. The second kappa shape index (κ2) is 5.56. The van der Waals surface area contributed by atoms with Crippen molar-refractivity contribution in [3.05, 3.63) is 0 Å². The lowest BCUT2D eigenvalue weighted by atomic mass is 10.1. The quantitative estimate of drug-likeness (QED) is 0.690. The molecule has 0 radical (unpaired) electrons. The number of hydrogen-bond acceptors (Lipinski definition) is 2. The van der Waals surface area contributed by atoms with Gasteiger partial charge in [-0.3, -0.25) is 9.59 Å². The first kappa shape index (κ1) is 11.9. The standard InChI is InChI=1S/C7H10O4.C2H6/c8-6(9)4-1-2-5(3-4)7(10)11;1-2/h4-5H,1-3H2,(H,8,9)(H,10,11);1-2H3. The van der Waals surface area contributed by atoms with E-state index in [0.717, 1.165) is 0 Å². The lowest BCUT2D eigenvalue weighted by molar-refractivity contribution is -0.143. The minimum atomic E-state index is -0.867. The van der Waals surface area contributed by atoms with E-state index in [1.165, 1.54) is 0 Å². The molecule has 0 saturated heterocycles. The van der Waals surface area contributed by atoms with Gasteiger partial charge >= 0.3 is 11.9 Å². The molecule has 0 bridgehead atoms. The van der Waals surface area contributed by atoms with Gasteiger partial charge in [0.05, 0.1) is 11.8 Å². The molecule has 0 aromatic rings. The van der Waals surface area contributed by atoms with Crippen molar-refractivity contribution in [1.82, 2.24) is 0 Å². The minimum Gasteiger partial charge on any atom is -0.481 e. The number of carbonyl (C=O) groups is 2. The van der Waals surface area contributed by atoms with E-state index < -0.39 is 23.8 Å². The zero-order valence-electron chi connectivity index (χ0n) is 7.99. The molecule has 76 valence electrons. The fourth-order valence-corrected chi connectivity index (χ4v) is 1.43. The molecule has 2 atom stereocenters. The van der Waals surface area contributed by atoms with E-state index in [1.807, 2.05) is 13.8 Å². The van der Waals surface area contributed by atoms with Gasteiger partial charge in [0.1, 0.15) is 0 Å². The summed E-state index contributed by atoms with van der Waals surface area (Å²) in [5, 5.41) is 17.0. The maximum Gasteiger partial charge on any atom is 0.306 e. The maximum absolute atomic E-state index is 10.4. The molecule has 1 aliphatic rings. The molecule has 1 saturated carbocycles. The Balaban J connectivity index is 0.000000671. The second-order valence-corrected chi connectivity index (χ2v) is 2.88. The van der Waals surface area contributed by atoms with E-state index in [-0.39, 0.29) is 0 Å². The smallest absolute Gasteiger partial charge is 0.306 e. The van der Waals surface area contributed by atoms with Gasteiger partial charge in [0.15, 0.2) is 0 Å². The number of carboxylic acids is 2. The van der Waals surface area contributed by atoms with Gasteiger partial charge in [-0.2, -0.15) is 0 Å². The van der Waals surface area contributed by atoms with Crippen LogP contribution in [0.2, 0.25) is 0 Å². The molecule has 2 unspecified atom stereocenters. The van der Waals surface area contributed by atoms with E-state index in [0.29, 0.717) is 19.3 Å². The Bertz CT molecular complexity index is 168. The van der Waals surface area contributed by atoms with Gasteiger partial charge in [-0.15, -0.1) is 0 Å². The van der Waals surface area contributed by atoms with Crippen molar-refractivity contribution in [3.8, 4) is 0 Å². The molecule has 0 spiro atoms. The monoisotopic (exact) mass is 188 g/mol. The average molecular weight is 188 g/mol. The van der Waals surface area contributed by atoms with Crippen molar-refractivity contribution in [1.29, 1.82) is 0 Å². The predicted octanol–water partition coefficient (Wildman–Crippen LogP) is 1.60. The number of hydrogen-bond donors (Lipinski definition) is 2. The van der Waals surface area contributed by atoms with Crippen LogP contribution in [0, 0.1) is 11.8 Å². The van der Waals surface area contributed by atoms with Crippen molar-refractivity contribution in [2.24, 2.45) is 11.8 Å². The van der Waals surface area contributed by atoms with Crippen LogP contribution in [-0.4, -0.2) is 22.2 Å². The van der Waals surface area contributed by atoms with Crippen molar-refractivity contribution < 1.29 is 19.8 Å². The zero-order valence-corrected chi connectivity index (χ0v) is 7.99. The summed E-state index contributed by atoms with van der Waals surface area (Å²) in [6, 6.07) is 0. The number of carboxylic acid groups (broad SMARTS) is 2. The third-order valence-corrected chi connectivity index (χ3v) is 2.13. The summed E-state index contributed by atoms with van der Waals surface area (Å²) in [6.07, 6.45) is 1.31. The SMILES string of the molecule is CC.O=C(O)C1CCC(C(=O)O)C1. The van der Waals surface area contributed by atoms with Crippen LogP contribution < -0.4 is 0 Å². The Labute approximate surface area is 77.6 Å². The van der Waals surface area contributed by atoms with Crippen molar-refractivity contribution >= 4 is 11.9 Å². The normalized spacial score (nSPS) is 26.0. The van der Waals surface area contributed by atoms with Gasteiger partial charge < -0.3 is 10.2 Å². The zero-order chi connectivity index (χ0) is 10.4. The van der Waals surface area contributed by atoms with Crippen LogP contribution in [-0.2, 0) is 9.59 Å². The molecular weight excluding hydrogens is 172 g/mol. The maximum atomic E-state index is 10.4. The molecule has 0 aliphatic heterocycles. The first-order valence-corrected chi connectivity index (χ1v) is 4.57. The number of rotatable bonds is 2. The first-order valence-electron chi connectivity index (χ1n) is 4.57. The van der Waals surface area contributed by atoms with Crippen molar-refractivity contribution in [2.45, 2.75) is 33.1 Å². The Kier molecular flexibility index (Phi) is 5.11. The van der Waals surface area contributed by atoms with Crippen molar-refractivity contribution in [2.75, 3.05) is 0 Å². The summed E-state index contributed by atoms with van der Waals surface area (Å²) in [5.74, 6) is -2.60. The fourth-order valence-electron chi connectivity index (χ4n) is 1.43. The highest BCUT2D eigenvalue weighted by atomic mass is 16.4. The third-order valence-electron chi connectivity index (χ3n) is 2.13. The molecule has 0 aromatic heterocycles. The largest absolute Gasteiger partial charge is 0.481 e. The molecule has 4 heteroatoms. The second-order valence-electron chi connectivity index (χ2n) is 2.88. The van der Waals surface area contributed by atoms with E-state index in [9.17, 15) is 9.59 Å². The Hall–Kier alpha value is -1.06. The van der Waals surface area contributed by atoms with Crippen LogP contribution in [0.3, 0.4) is 0 Å². The molecule has 13 heavy (non-hydrogen) atoms.